The second kappa shape index (κ2) is 6.47. The van der Waals surface area contributed by atoms with Gasteiger partial charge in [-0.25, -0.2) is 4.79 Å². The number of urea groups is 1. The number of carbonyl (C=O) groups is 2. The SMILES string of the molecule is Cc1cc(Cl)ccc1NC(=O)NC(=O)CCCl. The quantitative estimate of drug-likeness (QED) is 0.833. The summed E-state index contributed by atoms with van der Waals surface area (Å²) in [5, 5.41) is 5.31. The van der Waals surface area contributed by atoms with E-state index < -0.39 is 11.9 Å². The number of amides is 3. The van der Waals surface area contributed by atoms with Crippen LogP contribution in [0.3, 0.4) is 0 Å². The van der Waals surface area contributed by atoms with Crippen LogP contribution in [0.1, 0.15) is 12.0 Å². The molecule has 4 nitrogen and oxygen atoms in total. The molecule has 0 heterocycles. The van der Waals surface area contributed by atoms with Crippen LogP contribution < -0.4 is 10.6 Å². The van der Waals surface area contributed by atoms with Crippen LogP contribution in [0.25, 0.3) is 0 Å². The molecule has 0 aromatic heterocycles. The van der Waals surface area contributed by atoms with E-state index in [0.717, 1.165) is 5.56 Å². The molecule has 17 heavy (non-hydrogen) atoms. The highest BCUT2D eigenvalue weighted by atomic mass is 35.5. The van der Waals surface area contributed by atoms with Crippen molar-refractivity contribution >= 4 is 40.8 Å². The van der Waals surface area contributed by atoms with Gasteiger partial charge in [0, 0.05) is 23.0 Å². The number of hydrogen-bond acceptors (Lipinski definition) is 2. The first-order valence-corrected chi connectivity index (χ1v) is 5.87. The molecule has 0 bridgehead atoms. The van der Waals surface area contributed by atoms with Gasteiger partial charge in [-0.05, 0) is 30.7 Å². The molecule has 1 aromatic carbocycles. The standard InChI is InChI=1S/C11H12Cl2N2O2/c1-7-6-8(13)2-3-9(7)14-11(17)15-10(16)4-5-12/h2-3,6H,4-5H2,1H3,(H2,14,15,16,17). The van der Waals surface area contributed by atoms with E-state index in [1.54, 1.807) is 18.2 Å². The molecule has 0 aliphatic rings. The second-order valence-electron chi connectivity index (χ2n) is 3.40. The van der Waals surface area contributed by atoms with Gasteiger partial charge in [-0.15, -0.1) is 11.6 Å². The molecule has 0 fully saturated rings. The van der Waals surface area contributed by atoms with E-state index >= 15 is 0 Å². The van der Waals surface area contributed by atoms with Crippen molar-refractivity contribution in [2.45, 2.75) is 13.3 Å². The lowest BCUT2D eigenvalue weighted by Gasteiger charge is -2.08. The van der Waals surface area contributed by atoms with Crippen molar-refractivity contribution in [2.24, 2.45) is 0 Å². The number of imide groups is 1. The van der Waals surface area contributed by atoms with Crippen molar-refractivity contribution < 1.29 is 9.59 Å². The summed E-state index contributed by atoms with van der Waals surface area (Å²) in [5.74, 6) is -0.233. The topological polar surface area (TPSA) is 58.2 Å². The largest absolute Gasteiger partial charge is 0.325 e. The number of carbonyl (C=O) groups excluding carboxylic acids is 2. The first kappa shape index (κ1) is 13.8. The molecular weight excluding hydrogens is 263 g/mol. The van der Waals surface area contributed by atoms with E-state index in [0.29, 0.717) is 10.7 Å². The third-order valence-corrected chi connectivity index (χ3v) is 2.44. The maximum Gasteiger partial charge on any atom is 0.325 e. The van der Waals surface area contributed by atoms with Gasteiger partial charge >= 0.3 is 6.03 Å². The van der Waals surface area contributed by atoms with E-state index in [1.807, 2.05) is 6.92 Å². The summed E-state index contributed by atoms with van der Waals surface area (Å²) in [7, 11) is 0. The molecule has 1 rings (SSSR count). The Labute approximate surface area is 109 Å². The van der Waals surface area contributed by atoms with E-state index in [1.165, 1.54) is 0 Å². The van der Waals surface area contributed by atoms with Crippen molar-refractivity contribution in [1.82, 2.24) is 5.32 Å². The van der Waals surface area contributed by atoms with Gasteiger partial charge in [0.2, 0.25) is 5.91 Å². The van der Waals surface area contributed by atoms with Gasteiger partial charge in [-0.1, -0.05) is 11.6 Å². The maximum atomic E-state index is 11.4. The van der Waals surface area contributed by atoms with Crippen LogP contribution in [0.15, 0.2) is 18.2 Å². The molecule has 6 heteroatoms. The van der Waals surface area contributed by atoms with E-state index in [-0.39, 0.29) is 12.3 Å². The molecule has 0 atom stereocenters. The molecule has 92 valence electrons. The minimum atomic E-state index is -0.578. The number of nitrogens with one attached hydrogen (secondary N) is 2. The number of hydrogen-bond donors (Lipinski definition) is 2. The van der Waals surface area contributed by atoms with Crippen LogP contribution in [-0.2, 0) is 4.79 Å². The lowest BCUT2D eigenvalue weighted by Crippen LogP contribution is -2.34. The van der Waals surface area contributed by atoms with Crippen molar-refractivity contribution in [3.05, 3.63) is 28.8 Å². The number of anilines is 1. The fraction of sp³-hybridized carbons (Fsp3) is 0.273. The molecule has 0 radical (unpaired) electrons. The third-order valence-electron chi connectivity index (χ3n) is 2.01. The summed E-state index contributed by atoms with van der Waals surface area (Å²) in [6, 6.07) is 4.47. The molecule has 0 spiro atoms. The van der Waals surface area contributed by atoms with E-state index in [4.69, 9.17) is 23.2 Å². The van der Waals surface area contributed by atoms with E-state index in [2.05, 4.69) is 10.6 Å². The van der Waals surface area contributed by atoms with Gasteiger partial charge in [0.05, 0.1) is 0 Å². The minimum absolute atomic E-state index is 0.106. The summed E-state index contributed by atoms with van der Waals surface area (Å²) in [6.07, 6.45) is 0.106. The second-order valence-corrected chi connectivity index (χ2v) is 4.21. The maximum absolute atomic E-state index is 11.4. The first-order valence-electron chi connectivity index (χ1n) is 4.96. The number of halogens is 2. The number of rotatable bonds is 3. The molecule has 3 amide bonds. The smallest absolute Gasteiger partial charge is 0.307 e. The number of benzene rings is 1. The Kier molecular flexibility index (Phi) is 5.25. The molecule has 0 unspecified atom stereocenters. The lowest BCUT2D eigenvalue weighted by atomic mass is 10.2. The third kappa shape index (κ3) is 4.63. The summed E-state index contributed by atoms with van der Waals surface area (Å²) in [6.45, 7) is 1.81. The molecule has 0 saturated heterocycles. The zero-order valence-electron chi connectivity index (χ0n) is 9.22. The molecule has 0 saturated carbocycles. The Morgan fingerprint density at radius 2 is 2.06 bits per heavy atom. The van der Waals surface area contributed by atoms with Crippen molar-refractivity contribution in [2.75, 3.05) is 11.2 Å². The molecular formula is C11H12Cl2N2O2. The lowest BCUT2D eigenvalue weighted by molar-refractivity contribution is -0.119. The monoisotopic (exact) mass is 274 g/mol. The van der Waals surface area contributed by atoms with Crippen LogP contribution in [-0.4, -0.2) is 17.8 Å². The zero-order valence-corrected chi connectivity index (χ0v) is 10.7. The average Bonchev–Trinajstić information content (AvgIpc) is 2.22. The minimum Gasteiger partial charge on any atom is -0.307 e. The molecule has 0 aliphatic heterocycles. The van der Waals surface area contributed by atoms with Crippen molar-refractivity contribution in [1.29, 1.82) is 0 Å². The predicted molar refractivity (Wildman–Crippen MR) is 68.7 cm³/mol. The highest BCUT2D eigenvalue weighted by Gasteiger charge is 2.08. The van der Waals surface area contributed by atoms with Crippen LogP contribution in [0, 0.1) is 6.92 Å². The Morgan fingerprint density at radius 1 is 1.35 bits per heavy atom. The van der Waals surface area contributed by atoms with Crippen molar-refractivity contribution in [3.8, 4) is 0 Å². The van der Waals surface area contributed by atoms with Gasteiger partial charge in [-0.3, -0.25) is 10.1 Å². The predicted octanol–water partition coefficient (Wildman–Crippen LogP) is 2.93. The fourth-order valence-electron chi connectivity index (χ4n) is 1.20. The highest BCUT2D eigenvalue weighted by Crippen LogP contribution is 2.19. The van der Waals surface area contributed by atoms with Crippen molar-refractivity contribution in [3.63, 3.8) is 0 Å². The normalized spacial score (nSPS) is 9.82. The first-order chi connectivity index (χ1) is 8.02. The Balaban J connectivity index is 2.59. The summed E-state index contributed by atoms with van der Waals surface area (Å²) in [4.78, 5) is 22.5. The van der Waals surface area contributed by atoms with Crippen LogP contribution in [0.2, 0.25) is 5.02 Å². The Morgan fingerprint density at radius 3 is 2.65 bits per heavy atom. The number of alkyl halides is 1. The van der Waals surface area contributed by atoms with Crippen LogP contribution >= 0.6 is 23.2 Å². The van der Waals surface area contributed by atoms with Gasteiger partial charge in [0.1, 0.15) is 0 Å². The Hall–Kier alpha value is -1.26. The summed E-state index contributed by atoms with van der Waals surface area (Å²) < 4.78 is 0. The summed E-state index contributed by atoms with van der Waals surface area (Å²) in [5.41, 5.74) is 1.42. The molecule has 1 aromatic rings. The average molecular weight is 275 g/mol. The summed E-state index contributed by atoms with van der Waals surface area (Å²) >= 11 is 11.2. The van der Waals surface area contributed by atoms with Gasteiger partial charge in [0.25, 0.3) is 0 Å². The van der Waals surface area contributed by atoms with Gasteiger partial charge in [-0.2, -0.15) is 0 Å². The fourth-order valence-corrected chi connectivity index (χ4v) is 1.59. The zero-order chi connectivity index (χ0) is 12.8. The molecule has 0 aliphatic carbocycles. The molecule has 2 N–H and O–H groups in total. The Bertz CT molecular complexity index is 435. The highest BCUT2D eigenvalue weighted by molar-refractivity contribution is 6.30. The van der Waals surface area contributed by atoms with Gasteiger partial charge < -0.3 is 5.32 Å². The van der Waals surface area contributed by atoms with Crippen LogP contribution in [0.5, 0.6) is 0 Å². The van der Waals surface area contributed by atoms with Crippen LogP contribution in [0.4, 0.5) is 10.5 Å². The van der Waals surface area contributed by atoms with E-state index in [9.17, 15) is 9.59 Å². The van der Waals surface area contributed by atoms with Gasteiger partial charge in [0.15, 0.2) is 0 Å². The number of aryl methyl sites for hydroxylation is 1.